The highest BCUT2D eigenvalue weighted by molar-refractivity contribution is 5.98. The molecule has 138 valence electrons. The zero-order valence-corrected chi connectivity index (χ0v) is 14.9. The minimum absolute atomic E-state index is 0.0725. The number of carboxylic acids is 1. The molecule has 0 aliphatic heterocycles. The molecule has 0 bridgehead atoms. The topological polar surface area (TPSA) is 83.5 Å². The molecule has 5 nitrogen and oxygen atoms in total. The third kappa shape index (κ3) is 3.14. The van der Waals surface area contributed by atoms with Gasteiger partial charge in [-0.05, 0) is 41.0 Å². The summed E-state index contributed by atoms with van der Waals surface area (Å²) >= 11 is 0. The number of carbonyl (C=O) groups is 3. The van der Waals surface area contributed by atoms with Crippen LogP contribution in [0.15, 0.2) is 48.5 Å². The van der Waals surface area contributed by atoms with Crippen LogP contribution < -0.4 is 5.32 Å². The molecule has 5 heteroatoms. The van der Waals surface area contributed by atoms with Crippen molar-refractivity contribution in [3.05, 3.63) is 59.7 Å². The summed E-state index contributed by atoms with van der Waals surface area (Å²) in [5.74, 6) is -2.21. The highest BCUT2D eigenvalue weighted by Gasteiger charge is 2.38. The molecule has 0 unspecified atom stereocenters. The van der Waals surface area contributed by atoms with E-state index in [4.69, 9.17) is 0 Å². The Kier molecular flexibility index (Phi) is 4.52. The molecule has 1 fully saturated rings. The van der Waals surface area contributed by atoms with Crippen LogP contribution in [0.1, 0.15) is 42.7 Å². The summed E-state index contributed by atoms with van der Waals surface area (Å²) in [5.41, 5.74) is 3.79. The first-order valence-electron chi connectivity index (χ1n) is 9.29. The van der Waals surface area contributed by atoms with E-state index in [1.54, 1.807) is 0 Å². The van der Waals surface area contributed by atoms with E-state index >= 15 is 0 Å². The molecule has 2 aromatic rings. The van der Waals surface area contributed by atoms with Crippen molar-refractivity contribution in [1.29, 1.82) is 0 Å². The van der Waals surface area contributed by atoms with Gasteiger partial charge in [0.2, 0.25) is 5.91 Å². The average molecular weight is 363 g/mol. The lowest BCUT2D eigenvalue weighted by atomic mass is 9.82. The number of carboxylic acid groups (broad SMARTS) is 1. The lowest BCUT2D eigenvalue weighted by molar-refractivity contribution is -0.144. The molecule has 2 N–H and O–H groups in total. The number of amides is 1. The van der Waals surface area contributed by atoms with Crippen molar-refractivity contribution in [1.82, 2.24) is 5.32 Å². The molecule has 0 aromatic heterocycles. The van der Waals surface area contributed by atoms with Crippen molar-refractivity contribution in [3.63, 3.8) is 0 Å². The number of rotatable bonds is 4. The molecule has 0 spiro atoms. The third-order valence-corrected chi connectivity index (χ3v) is 5.65. The zero-order valence-electron chi connectivity index (χ0n) is 14.9. The lowest BCUT2D eigenvalue weighted by Crippen LogP contribution is -2.48. The van der Waals surface area contributed by atoms with Gasteiger partial charge in [0.25, 0.3) is 0 Å². The maximum Gasteiger partial charge on any atom is 0.326 e. The molecule has 1 saturated carbocycles. The van der Waals surface area contributed by atoms with Crippen LogP contribution >= 0.6 is 0 Å². The van der Waals surface area contributed by atoms with Crippen molar-refractivity contribution in [2.45, 2.75) is 37.6 Å². The number of carbonyl (C=O) groups excluding carboxylic acids is 2. The minimum Gasteiger partial charge on any atom is -0.480 e. The standard InChI is InChI=1S/C22H21NO4/c24-14-7-5-6-13(12-14)20(22(26)27)23-21(25)19-17-10-3-1-8-15(17)16-9-2-4-11-18(16)19/h1-4,8-11,13,19-20H,5-7,12H2,(H,23,25)(H,26,27)/t13-,20-/m0/s1. The fourth-order valence-electron chi connectivity index (χ4n) is 4.40. The second-order valence-electron chi connectivity index (χ2n) is 7.33. The smallest absolute Gasteiger partial charge is 0.326 e. The van der Waals surface area contributed by atoms with Crippen molar-refractivity contribution < 1.29 is 19.5 Å². The summed E-state index contributed by atoms with van der Waals surface area (Å²) in [6.07, 6.45) is 2.04. The van der Waals surface area contributed by atoms with Crippen LogP contribution in [0.4, 0.5) is 0 Å². The van der Waals surface area contributed by atoms with Gasteiger partial charge in [-0.1, -0.05) is 48.5 Å². The van der Waals surface area contributed by atoms with Gasteiger partial charge < -0.3 is 10.4 Å². The quantitative estimate of drug-likeness (QED) is 0.874. The van der Waals surface area contributed by atoms with Crippen LogP contribution in [0, 0.1) is 5.92 Å². The van der Waals surface area contributed by atoms with Crippen LogP contribution in [-0.2, 0) is 14.4 Å². The number of benzene rings is 2. The van der Waals surface area contributed by atoms with E-state index < -0.39 is 17.9 Å². The van der Waals surface area contributed by atoms with Gasteiger partial charge in [0.1, 0.15) is 11.8 Å². The Labute approximate surface area is 157 Å². The first kappa shape index (κ1) is 17.5. The van der Waals surface area contributed by atoms with Crippen LogP contribution in [-0.4, -0.2) is 28.8 Å². The van der Waals surface area contributed by atoms with Crippen LogP contribution in [0.5, 0.6) is 0 Å². The highest BCUT2D eigenvalue weighted by Crippen LogP contribution is 2.44. The van der Waals surface area contributed by atoms with Gasteiger partial charge in [-0.15, -0.1) is 0 Å². The normalized spacial score (nSPS) is 19.9. The summed E-state index contributed by atoms with van der Waals surface area (Å²) in [6, 6.07) is 14.4. The maximum absolute atomic E-state index is 13.2. The Morgan fingerprint density at radius 2 is 1.59 bits per heavy atom. The zero-order chi connectivity index (χ0) is 19.0. The highest BCUT2D eigenvalue weighted by atomic mass is 16.4. The number of ketones is 1. The summed E-state index contributed by atoms with van der Waals surface area (Å²) in [6.45, 7) is 0. The van der Waals surface area contributed by atoms with E-state index in [1.165, 1.54) is 0 Å². The Morgan fingerprint density at radius 1 is 1.00 bits per heavy atom. The SMILES string of the molecule is O=C1CCC[C@H]([C@H](NC(=O)C2c3ccccc3-c3ccccc32)C(=O)O)C1. The van der Waals surface area contributed by atoms with Crippen LogP contribution in [0.2, 0.25) is 0 Å². The number of aliphatic carboxylic acids is 1. The first-order valence-corrected chi connectivity index (χ1v) is 9.29. The van der Waals surface area contributed by atoms with E-state index in [-0.39, 0.29) is 24.0 Å². The Bertz CT molecular complexity index is 875. The Hall–Kier alpha value is -2.95. The molecule has 0 saturated heterocycles. The predicted molar refractivity (Wildman–Crippen MR) is 100 cm³/mol. The van der Waals surface area contributed by atoms with Crippen molar-refractivity contribution in [2.75, 3.05) is 0 Å². The number of Topliss-reactive ketones (excluding diaryl/α,β-unsaturated/α-hetero) is 1. The van der Waals surface area contributed by atoms with Gasteiger partial charge in [-0.25, -0.2) is 4.79 Å². The van der Waals surface area contributed by atoms with E-state index in [0.29, 0.717) is 19.3 Å². The number of fused-ring (bicyclic) bond motifs is 3. The fraction of sp³-hybridized carbons (Fsp3) is 0.318. The van der Waals surface area contributed by atoms with E-state index in [0.717, 1.165) is 22.3 Å². The lowest BCUT2D eigenvalue weighted by Gasteiger charge is -2.28. The molecule has 27 heavy (non-hydrogen) atoms. The summed E-state index contributed by atoms with van der Waals surface area (Å²) in [4.78, 5) is 36.7. The van der Waals surface area contributed by atoms with Crippen molar-refractivity contribution in [3.8, 4) is 11.1 Å². The fourth-order valence-corrected chi connectivity index (χ4v) is 4.40. The van der Waals surface area contributed by atoms with Gasteiger partial charge in [-0.2, -0.15) is 0 Å². The summed E-state index contributed by atoms with van der Waals surface area (Å²) in [7, 11) is 0. The molecule has 4 rings (SSSR count). The number of hydrogen-bond donors (Lipinski definition) is 2. The van der Waals surface area contributed by atoms with E-state index in [9.17, 15) is 19.5 Å². The Morgan fingerprint density at radius 3 is 2.15 bits per heavy atom. The molecule has 1 amide bonds. The largest absolute Gasteiger partial charge is 0.480 e. The molecule has 2 aliphatic rings. The predicted octanol–water partition coefficient (Wildman–Crippen LogP) is 3.13. The Balaban J connectivity index is 1.64. The van der Waals surface area contributed by atoms with Crippen molar-refractivity contribution >= 4 is 17.7 Å². The number of nitrogens with one attached hydrogen (secondary N) is 1. The van der Waals surface area contributed by atoms with Crippen molar-refractivity contribution in [2.24, 2.45) is 5.92 Å². The summed E-state index contributed by atoms with van der Waals surface area (Å²) < 4.78 is 0. The van der Waals surface area contributed by atoms with Crippen LogP contribution in [0.3, 0.4) is 0 Å². The third-order valence-electron chi connectivity index (χ3n) is 5.65. The molecule has 0 heterocycles. The molecule has 2 atom stereocenters. The molecule has 2 aliphatic carbocycles. The van der Waals surface area contributed by atoms with Gasteiger partial charge in [0, 0.05) is 12.8 Å². The molecular formula is C22H21NO4. The van der Waals surface area contributed by atoms with E-state index in [1.807, 2.05) is 48.5 Å². The second-order valence-corrected chi connectivity index (χ2v) is 7.33. The summed E-state index contributed by atoms with van der Waals surface area (Å²) in [5, 5.41) is 12.4. The van der Waals surface area contributed by atoms with Gasteiger partial charge in [-0.3, -0.25) is 9.59 Å². The molecular weight excluding hydrogens is 342 g/mol. The van der Waals surface area contributed by atoms with E-state index in [2.05, 4.69) is 5.32 Å². The van der Waals surface area contributed by atoms with Gasteiger partial charge in [0.15, 0.2) is 0 Å². The maximum atomic E-state index is 13.2. The minimum atomic E-state index is -1.08. The average Bonchev–Trinajstić information content (AvgIpc) is 3.00. The second kappa shape index (κ2) is 6.99. The molecule has 2 aromatic carbocycles. The number of hydrogen-bond acceptors (Lipinski definition) is 3. The first-order chi connectivity index (χ1) is 13.1. The van der Waals surface area contributed by atoms with Crippen LogP contribution in [0.25, 0.3) is 11.1 Å². The van der Waals surface area contributed by atoms with Gasteiger partial charge in [0.05, 0.1) is 5.92 Å². The van der Waals surface area contributed by atoms with Gasteiger partial charge >= 0.3 is 5.97 Å². The monoisotopic (exact) mass is 363 g/mol. The molecule has 0 radical (unpaired) electrons.